The maximum atomic E-state index is 10.8. The van der Waals surface area contributed by atoms with E-state index in [1.807, 2.05) is 19.1 Å². The highest BCUT2D eigenvalue weighted by molar-refractivity contribution is 5.45. The van der Waals surface area contributed by atoms with Crippen molar-refractivity contribution in [3.05, 3.63) is 29.3 Å². The minimum absolute atomic E-state index is 0.725. The highest BCUT2D eigenvalue weighted by atomic mass is 16.5. The average molecular weight is 234 g/mol. The maximum absolute atomic E-state index is 10.8. The van der Waals surface area contributed by atoms with Gasteiger partial charge < -0.3 is 9.84 Å². The lowest BCUT2D eigenvalue weighted by Crippen LogP contribution is -2.26. The van der Waals surface area contributed by atoms with Gasteiger partial charge in [-0.15, -0.1) is 0 Å². The Morgan fingerprint density at radius 2 is 2.18 bits per heavy atom. The zero-order valence-electron chi connectivity index (χ0n) is 10.8. The first-order valence-corrected chi connectivity index (χ1v) is 6.69. The molecule has 1 atom stereocenters. The van der Waals surface area contributed by atoms with E-state index in [1.165, 1.54) is 5.56 Å². The second kappa shape index (κ2) is 5.09. The molecule has 0 saturated heterocycles. The van der Waals surface area contributed by atoms with Crippen molar-refractivity contribution in [2.75, 3.05) is 6.61 Å². The predicted octanol–water partition coefficient (Wildman–Crippen LogP) is 3.41. The first-order chi connectivity index (χ1) is 8.21. The van der Waals surface area contributed by atoms with Crippen molar-refractivity contribution in [2.24, 2.45) is 0 Å². The fourth-order valence-electron chi connectivity index (χ4n) is 2.67. The average Bonchev–Trinajstić information content (AvgIpc) is 2.38. The van der Waals surface area contributed by atoms with Crippen LogP contribution in [0.1, 0.15) is 50.7 Å². The van der Waals surface area contributed by atoms with Gasteiger partial charge in [-0.05, 0) is 31.2 Å². The number of benzene rings is 1. The van der Waals surface area contributed by atoms with E-state index in [2.05, 4.69) is 13.0 Å². The Morgan fingerprint density at radius 3 is 2.88 bits per heavy atom. The largest absolute Gasteiger partial charge is 0.493 e. The number of ether oxygens (including phenoxy) is 1. The molecular formula is C15H22O2. The number of rotatable bonds is 4. The summed E-state index contributed by atoms with van der Waals surface area (Å²) >= 11 is 0. The smallest absolute Gasteiger partial charge is 0.128 e. The van der Waals surface area contributed by atoms with E-state index in [1.54, 1.807) is 0 Å². The molecule has 0 saturated carbocycles. The standard InChI is InChI=1S/C15H22O2/c1-3-10-15(16,4-2)13-9-5-7-12-8-6-11-17-14(12)13/h5,7,9,16H,3-4,6,8,10-11H2,1-2H3. The first kappa shape index (κ1) is 12.4. The van der Waals surface area contributed by atoms with Crippen LogP contribution in [0.2, 0.25) is 0 Å². The summed E-state index contributed by atoms with van der Waals surface area (Å²) in [6.07, 6.45) is 4.65. The van der Waals surface area contributed by atoms with Crippen LogP contribution < -0.4 is 4.74 Å². The molecule has 0 bridgehead atoms. The Morgan fingerprint density at radius 1 is 1.35 bits per heavy atom. The molecule has 1 unspecified atom stereocenters. The number of aliphatic hydroxyl groups is 1. The summed E-state index contributed by atoms with van der Waals surface area (Å²) in [7, 11) is 0. The highest BCUT2D eigenvalue weighted by Gasteiger charge is 2.31. The molecule has 1 aromatic rings. The van der Waals surface area contributed by atoms with E-state index in [-0.39, 0.29) is 0 Å². The van der Waals surface area contributed by atoms with E-state index < -0.39 is 5.60 Å². The Hall–Kier alpha value is -1.02. The summed E-state index contributed by atoms with van der Waals surface area (Å²) in [4.78, 5) is 0. The molecule has 1 heterocycles. The summed E-state index contributed by atoms with van der Waals surface area (Å²) in [5.74, 6) is 0.941. The van der Waals surface area contributed by atoms with Crippen molar-refractivity contribution >= 4 is 0 Å². The van der Waals surface area contributed by atoms with Gasteiger partial charge in [0.15, 0.2) is 0 Å². The lowest BCUT2D eigenvalue weighted by Gasteiger charge is -2.31. The molecule has 0 fully saturated rings. The van der Waals surface area contributed by atoms with Crippen LogP contribution in [0.3, 0.4) is 0 Å². The fraction of sp³-hybridized carbons (Fsp3) is 0.600. The summed E-state index contributed by atoms with van der Waals surface area (Å²) in [5.41, 5.74) is 1.51. The van der Waals surface area contributed by atoms with Crippen LogP contribution in [0.5, 0.6) is 5.75 Å². The first-order valence-electron chi connectivity index (χ1n) is 6.69. The van der Waals surface area contributed by atoms with Gasteiger partial charge in [0.2, 0.25) is 0 Å². The van der Waals surface area contributed by atoms with E-state index in [4.69, 9.17) is 4.74 Å². The molecule has 1 N–H and O–H groups in total. The van der Waals surface area contributed by atoms with Gasteiger partial charge in [0.05, 0.1) is 12.2 Å². The fourth-order valence-corrected chi connectivity index (χ4v) is 2.67. The Balaban J connectivity index is 2.43. The van der Waals surface area contributed by atoms with Gasteiger partial charge in [0, 0.05) is 5.56 Å². The Kier molecular flexibility index (Phi) is 3.72. The van der Waals surface area contributed by atoms with E-state index >= 15 is 0 Å². The second-order valence-electron chi connectivity index (χ2n) is 4.88. The number of hydrogen-bond acceptors (Lipinski definition) is 2. The van der Waals surface area contributed by atoms with Gasteiger partial charge in [-0.3, -0.25) is 0 Å². The number of fused-ring (bicyclic) bond motifs is 1. The van der Waals surface area contributed by atoms with Crippen molar-refractivity contribution in [3.8, 4) is 5.75 Å². The molecule has 0 spiro atoms. The van der Waals surface area contributed by atoms with Crippen LogP contribution in [0.4, 0.5) is 0 Å². The SMILES string of the molecule is CCCC(O)(CC)c1cccc2c1OCCC2. The van der Waals surface area contributed by atoms with Crippen LogP contribution >= 0.6 is 0 Å². The van der Waals surface area contributed by atoms with Gasteiger partial charge in [-0.1, -0.05) is 38.5 Å². The third kappa shape index (κ3) is 2.32. The molecule has 0 aromatic heterocycles. The topological polar surface area (TPSA) is 29.5 Å². The molecule has 2 heteroatoms. The zero-order chi connectivity index (χ0) is 12.3. The maximum Gasteiger partial charge on any atom is 0.128 e. The summed E-state index contributed by atoms with van der Waals surface area (Å²) in [6, 6.07) is 6.17. The third-order valence-corrected chi connectivity index (χ3v) is 3.68. The lowest BCUT2D eigenvalue weighted by atomic mass is 9.84. The molecule has 1 aliphatic heterocycles. The monoisotopic (exact) mass is 234 g/mol. The summed E-state index contributed by atoms with van der Waals surface area (Å²) in [5, 5.41) is 10.8. The third-order valence-electron chi connectivity index (χ3n) is 3.68. The van der Waals surface area contributed by atoms with E-state index in [0.29, 0.717) is 0 Å². The molecule has 0 amide bonds. The molecule has 1 aliphatic rings. The molecule has 94 valence electrons. The minimum Gasteiger partial charge on any atom is -0.493 e. The number of hydrogen-bond donors (Lipinski definition) is 1. The Bertz CT molecular complexity index is 387. The van der Waals surface area contributed by atoms with Gasteiger partial charge in [0.25, 0.3) is 0 Å². The quantitative estimate of drug-likeness (QED) is 0.865. The van der Waals surface area contributed by atoms with Gasteiger partial charge >= 0.3 is 0 Å². The molecule has 0 aliphatic carbocycles. The second-order valence-corrected chi connectivity index (χ2v) is 4.88. The molecule has 0 radical (unpaired) electrons. The minimum atomic E-state index is -0.725. The molecule has 2 rings (SSSR count). The van der Waals surface area contributed by atoms with Crippen LogP contribution in [-0.2, 0) is 12.0 Å². The van der Waals surface area contributed by atoms with Crippen LogP contribution in [0.15, 0.2) is 18.2 Å². The highest BCUT2D eigenvalue weighted by Crippen LogP contribution is 2.39. The van der Waals surface area contributed by atoms with Crippen molar-refractivity contribution in [1.82, 2.24) is 0 Å². The van der Waals surface area contributed by atoms with Crippen molar-refractivity contribution in [1.29, 1.82) is 0 Å². The van der Waals surface area contributed by atoms with Crippen molar-refractivity contribution in [3.63, 3.8) is 0 Å². The van der Waals surface area contributed by atoms with Crippen LogP contribution in [0, 0.1) is 0 Å². The number of aryl methyl sites for hydroxylation is 1. The van der Waals surface area contributed by atoms with Crippen LogP contribution in [0.25, 0.3) is 0 Å². The summed E-state index contributed by atoms with van der Waals surface area (Å²) < 4.78 is 5.79. The van der Waals surface area contributed by atoms with Crippen molar-refractivity contribution < 1.29 is 9.84 Å². The predicted molar refractivity (Wildman–Crippen MR) is 69.4 cm³/mol. The molecule has 1 aromatic carbocycles. The number of para-hydroxylation sites is 1. The summed E-state index contributed by atoms with van der Waals surface area (Å²) in [6.45, 7) is 4.92. The van der Waals surface area contributed by atoms with E-state index in [9.17, 15) is 5.11 Å². The molecule has 2 nitrogen and oxygen atoms in total. The van der Waals surface area contributed by atoms with Crippen LogP contribution in [-0.4, -0.2) is 11.7 Å². The molecular weight excluding hydrogens is 212 g/mol. The normalized spacial score (nSPS) is 18.1. The Labute approximate surface area is 104 Å². The van der Waals surface area contributed by atoms with Gasteiger partial charge in [0.1, 0.15) is 5.75 Å². The van der Waals surface area contributed by atoms with Crippen molar-refractivity contribution in [2.45, 2.75) is 51.6 Å². The lowest BCUT2D eigenvalue weighted by molar-refractivity contribution is 0.0193. The van der Waals surface area contributed by atoms with E-state index in [0.717, 1.165) is 50.0 Å². The van der Waals surface area contributed by atoms with Gasteiger partial charge in [-0.2, -0.15) is 0 Å². The van der Waals surface area contributed by atoms with Gasteiger partial charge in [-0.25, -0.2) is 0 Å². The zero-order valence-corrected chi connectivity index (χ0v) is 10.8. The molecule has 17 heavy (non-hydrogen) atoms.